The van der Waals surface area contributed by atoms with Crippen molar-refractivity contribution in [2.75, 3.05) is 13.7 Å². The van der Waals surface area contributed by atoms with Gasteiger partial charge in [0.2, 0.25) is 0 Å². The molecule has 2 rings (SSSR count). The van der Waals surface area contributed by atoms with Crippen molar-refractivity contribution in [3.63, 3.8) is 0 Å². The van der Waals surface area contributed by atoms with E-state index in [2.05, 4.69) is 4.72 Å². The molecule has 0 saturated carbocycles. The summed E-state index contributed by atoms with van der Waals surface area (Å²) in [4.78, 5) is 11.2. The van der Waals surface area contributed by atoms with Gasteiger partial charge in [0.1, 0.15) is 17.1 Å². The van der Waals surface area contributed by atoms with Gasteiger partial charge in [0.15, 0.2) is 0 Å². The highest BCUT2D eigenvalue weighted by Gasteiger charge is 2.16. The van der Waals surface area contributed by atoms with Crippen LogP contribution in [0.3, 0.4) is 0 Å². The molecule has 2 aromatic rings. The summed E-state index contributed by atoms with van der Waals surface area (Å²) in [6, 6.07) is 9.04. The molecule has 0 saturated heterocycles. The lowest BCUT2D eigenvalue weighted by molar-refractivity contribution is 0.0693. The first-order valence-electron chi connectivity index (χ1n) is 6.95. The fraction of sp³-hybridized carbons (Fsp3) is 0.188. The highest BCUT2D eigenvalue weighted by Crippen LogP contribution is 2.30. The lowest BCUT2D eigenvalue weighted by atomic mass is 10.00. The van der Waals surface area contributed by atoms with E-state index < -0.39 is 23.1 Å². The highest BCUT2D eigenvalue weighted by molar-refractivity contribution is 7.77. The first-order chi connectivity index (χ1) is 11.4. The van der Waals surface area contributed by atoms with Crippen LogP contribution in [-0.4, -0.2) is 33.5 Å². The zero-order valence-electron chi connectivity index (χ0n) is 12.7. The normalized spacial score (nSPS) is 12.0. The maximum absolute atomic E-state index is 14.2. The number of carboxylic acid groups (broad SMARTS) is 1. The van der Waals surface area contributed by atoms with Crippen molar-refractivity contribution in [3.05, 3.63) is 53.3 Å². The molecule has 8 heteroatoms. The number of rotatable bonds is 7. The van der Waals surface area contributed by atoms with Crippen LogP contribution in [0.2, 0.25) is 0 Å². The number of halogens is 1. The van der Waals surface area contributed by atoms with Gasteiger partial charge in [0.05, 0.1) is 7.11 Å². The summed E-state index contributed by atoms with van der Waals surface area (Å²) in [5.74, 6) is -1.84. The van der Waals surface area contributed by atoms with Crippen molar-refractivity contribution < 1.29 is 27.8 Å². The molecule has 0 fully saturated rings. The molecule has 6 nitrogen and oxygen atoms in total. The van der Waals surface area contributed by atoms with Gasteiger partial charge in [-0.05, 0) is 23.6 Å². The number of hydrogen-bond acceptors (Lipinski definition) is 4. The molecule has 0 aliphatic rings. The molecule has 0 spiro atoms. The van der Waals surface area contributed by atoms with Gasteiger partial charge in [-0.25, -0.2) is 13.9 Å². The van der Waals surface area contributed by atoms with Crippen molar-refractivity contribution in [3.8, 4) is 16.9 Å². The van der Waals surface area contributed by atoms with E-state index >= 15 is 0 Å². The van der Waals surface area contributed by atoms with E-state index in [1.807, 2.05) is 0 Å². The number of carbonyl (C=O) groups is 1. The predicted molar refractivity (Wildman–Crippen MR) is 86.0 cm³/mol. The molecule has 0 radical (unpaired) electrons. The third kappa shape index (κ3) is 4.38. The number of benzene rings is 2. The molecule has 2 N–H and O–H groups in total. The van der Waals surface area contributed by atoms with Crippen LogP contribution in [-0.2, 0) is 17.7 Å². The van der Waals surface area contributed by atoms with Crippen LogP contribution in [0.25, 0.3) is 11.1 Å². The van der Waals surface area contributed by atoms with Crippen molar-refractivity contribution in [1.29, 1.82) is 0 Å². The summed E-state index contributed by atoms with van der Waals surface area (Å²) in [6.45, 7) is 0.259. The minimum absolute atomic E-state index is 0.0444. The number of methoxy groups -OCH3 is 1. The average molecular weight is 352 g/mol. The summed E-state index contributed by atoms with van der Waals surface area (Å²) < 4.78 is 42.1. The Labute approximate surface area is 140 Å². The smallest absolute Gasteiger partial charge is 0.339 e. The second-order valence-corrected chi connectivity index (χ2v) is 5.67. The maximum Gasteiger partial charge on any atom is 0.339 e. The molecule has 1 atom stereocenters. The van der Waals surface area contributed by atoms with Gasteiger partial charge in [-0.3, -0.25) is 4.21 Å². The number of aromatic carboxylic acids is 1. The molecule has 0 aromatic heterocycles. The highest BCUT2D eigenvalue weighted by atomic mass is 32.2. The first-order valence-corrected chi connectivity index (χ1v) is 8.02. The van der Waals surface area contributed by atoms with Crippen LogP contribution in [0.15, 0.2) is 36.4 Å². The maximum atomic E-state index is 14.2. The van der Waals surface area contributed by atoms with Gasteiger partial charge >= 0.3 is 5.97 Å². The van der Waals surface area contributed by atoms with Crippen LogP contribution in [0.1, 0.15) is 15.9 Å². The molecule has 0 heterocycles. The van der Waals surface area contributed by atoms with Crippen LogP contribution in [0.5, 0.6) is 5.75 Å². The van der Waals surface area contributed by atoms with E-state index in [9.17, 15) is 23.1 Å². The Morgan fingerprint density at radius 3 is 2.54 bits per heavy atom. The van der Waals surface area contributed by atoms with Gasteiger partial charge in [0, 0.05) is 29.4 Å². The second kappa shape index (κ2) is 8.00. The SMILES string of the molecule is COc1cc(F)c(-c2ccc(CCNS(=O)[O-])cc2)cc1C(=O)O. The minimum Gasteiger partial charge on any atom is -0.760 e. The van der Waals surface area contributed by atoms with Gasteiger partial charge in [-0.1, -0.05) is 24.3 Å². The number of nitrogens with one attached hydrogen (secondary N) is 1. The molecule has 0 bridgehead atoms. The molecule has 0 amide bonds. The molecule has 0 aliphatic carbocycles. The summed E-state index contributed by atoms with van der Waals surface area (Å²) in [7, 11) is 1.28. The summed E-state index contributed by atoms with van der Waals surface area (Å²) in [5, 5.41) is 9.19. The molecule has 24 heavy (non-hydrogen) atoms. The molecular formula is C16H15FNO5S-. The summed E-state index contributed by atoms with van der Waals surface area (Å²) in [6.07, 6.45) is 0.486. The van der Waals surface area contributed by atoms with E-state index in [1.54, 1.807) is 24.3 Å². The van der Waals surface area contributed by atoms with Gasteiger partial charge < -0.3 is 14.4 Å². The van der Waals surface area contributed by atoms with E-state index in [0.717, 1.165) is 11.6 Å². The second-order valence-electron chi connectivity index (χ2n) is 4.91. The summed E-state index contributed by atoms with van der Waals surface area (Å²) in [5.41, 5.74) is 1.41. The van der Waals surface area contributed by atoms with Crippen molar-refractivity contribution in [2.24, 2.45) is 0 Å². The van der Waals surface area contributed by atoms with Gasteiger partial charge in [-0.15, -0.1) is 0 Å². The average Bonchev–Trinajstić information content (AvgIpc) is 2.54. The largest absolute Gasteiger partial charge is 0.760 e. The third-order valence-corrected chi connectivity index (χ3v) is 3.86. The monoisotopic (exact) mass is 352 g/mol. The van der Waals surface area contributed by atoms with E-state index in [4.69, 9.17) is 4.74 Å². The van der Waals surface area contributed by atoms with Crippen molar-refractivity contribution in [1.82, 2.24) is 4.72 Å². The molecular weight excluding hydrogens is 337 g/mol. The number of ether oxygens (including phenoxy) is 1. The van der Waals surface area contributed by atoms with Gasteiger partial charge in [0.25, 0.3) is 0 Å². The van der Waals surface area contributed by atoms with Crippen LogP contribution >= 0.6 is 0 Å². The standard InChI is InChI=1S/C16H16FNO5S/c1-23-15-9-14(17)12(8-13(15)16(19)20)11-4-2-10(3-5-11)6-7-18-24(21)22/h2-5,8-9,18H,6-7H2,1H3,(H,19,20)(H,21,22)/p-1. The van der Waals surface area contributed by atoms with Crippen molar-refractivity contribution in [2.45, 2.75) is 6.42 Å². The zero-order chi connectivity index (χ0) is 17.7. The number of carboxylic acids is 1. The van der Waals surface area contributed by atoms with E-state index in [-0.39, 0.29) is 23.4 Å². The van der Waals surface area contributed by atoms with Gasteiger partial charge in [-0.2, -0.15) is 0 Å². The Morgan fingerprint density at radius 2 is 2.00 bits per heavy atom. The Hall–Kier alpha value is -2.29. The third-order valence-electron chi connectivity index (χ3n) is 3.42. The minimum atomic E-state index is -2.30. The molecule has 2 aromatic carbocycles. The fourth-order valence-electron chi connectivity index (χ4n) is 2.24. The lowest BCUT2D eigenvalue weighted by Crippen LogP contribution is -2.19. The Balaban J connectivity index is 2.26. The quantitative estimate of drug-likeness (QED) is 0.744. The first kappa shape index (κ1) is 18.1. The Bertz CT molecular complexity index is 764. The summed E-state index contributed by atoms with van der Waals surface area (Å²) >= 11 is -2.30. The molecule has 0 aliphatic heterocycles. The zero-order valence-corrected chi connectivity index (χ0v) is 13.6. The molecule has 128 valence electrons. The van der Waals surface area contributed by atoms with Crippen molar-refractivity contribution >= 4 is 17.2 Å². The topological polar surface area (TPSA) is 98.7 Å². The van der Waals surface area contributed by atoms with Crippen LogP contribution < -0.4 is 9.46 Å². The van der Waals surface area contributed by atoms with Crippen LogP contribution in [0.4, 0.5) is 4.39 Å². The number of hydrogen-bond donors (Lipinski definition) is 2. The lowest BCUT2D eigenvalue weighted by Gasteiger charge is -2.11. The molecule has 1 unspecified atom stereocenters. The van der Waals surface area contributed by atoms with E-state index in [0.29, 0.717) is 12.0 Å². The van der Waals surface area contributed by atoms with E-state index in [1.165, 1.54) is 13.2 Å². The Morgan fingerprint density at radius 1 is 1.33 bits per heavy atom. The Kier molecular flexibility index (Phi) is 6.02. The fourth-order valence-corrected chi connectivity index (χ4v) is 2.51. The predicted octanol–water partition coefficient (Wildman–Crippen LogP) is 2.13. The van der Waals surface area contributed by atoms with Crippen LogP contribution in [0, 0.1) is 5.82 Å².